The fourth-order valence-electron chi connectivity index (χ4n) is 2.86. The highest BCUT2D eigenvalue weighted by atomic mass is 16.7. The van der Waals surface area contributed by atoms with Gasteiger partial charge in [-0.3, -0.25) is 14.4 Å². The SMILES string of the molecule is COC(=O)C1(C)CCC(C)(C(=O)ON2C(=O)CCC2=O)CC1. The topological polar surface area (TPSA) is 90.0 Å². The first-order valence-electron chi connectivity index (χ1n) is 7.38. The minimum Gasteiger partial charge on any atom is -0.469 e. The van der Waals surface area contributed by atoms with Crippen LogP contribution in [0.5, 0.6) is 0 Å². The minimum absolute atomic E-state index is 0.0727. The first-order chi connectivity index (χ1) is 10.2. The van der Waals surface area contributed by atoms with E-state index in [0.29, 0.717) is 30.7 Å². The molecule has 0 spiro atoms. The number of nitrogens with zero attached hydrogens (tertiary/aromatic N) is 1. The highest BCUT2D eigenvalue weighted by Crippen LogP contribution is 2.46. The molecule has 2 rings (SSSR count). The summed E-state index contributed by atoms with van der Waals surface area (Å²) in [7, 11) is 1.35. The third-order valence-corrected chi connectivity index (χ3v) is 4.81. The Kier molecular flexibility index (Phi) is 4.26. The van der Waals surface area contributed by atoms with Crippen molar-refractivity contribution in [1.29, 1.82) is 0 Å². The summed E-state index contributed by atoms with van der Waals surface area (Å²) in [5, 5.41) is 0.571. The van der Waals surface area contributed by atoms with E-state index in [1.54, 1.807) is 6.92 Å². The van der Waals surface area contributed by atoms with Gasteiger partial charge in [-0.2, -0.15) is 0 Å². The number of hydrogen-bond acceptors (Lipinski definition) is 6. The van der Waals surface area contributed by atoms with Crippen molar-refractivity contribution >= 4 is 23.8 Å². The molecule has 1 aliphatic heterocycles. The average molecular weight is 311 g/mol. The molecule has 0 unspecified atom stereocenters. The van der Waals surface area contributed by atoms with Crippen molar-refractivity contribution in [1.82, 2.24) is 5.06 Å². The number of esters is 1. The van der Waals surface area contributed by atoms with Crippen LogP contribution in [0.15, 0.2) is 0 Å². The third kappa shape index (κ3) is 2.84. The van der Waals surface area contributed by atoms with Crippen LogP contribution in [-0.2, 0) is 28.8 Å². The summed E-state index contributed by atoms with van der Waals surface area (Å²) >= 11 is 0. The van der Waals surface area contributed by atoms with E-state index in [4.69, 9.17) is 9.57 Å². The zero-order valence-corrected chi connectivity index (χ0v) is 13.1. The maximum Gasteiger partial charge on any atom is 0.338 e. The van der Waals surface area contributed by atoms with Gasteiger partial charge in [0.25, 0.3) is 11.8 Å². The number of rotatable bonds is 3. The number of imide groups is 1. The Morgan fingerprint density at radius 3 is 1.73 bits per heavy atom. The number of carbonyl (C=O) groups excluding carboxylic acids is 4. The van der Waals surface area contributed by atoms with Crippen LogP contribution in [0.25, 0.3) is 0 Å². The van der Waals surface area contributed by atoms with Gasteiger partial charge in [0.05, 0.1) is 17.9 Å². The molecule has 2 amide bonds. The summed E-state index contributed by atoms with van der Waals surface area (Å²) in [6, 6.07) is 0. The molecule has 122 valence electrons. The Morgan fingerprint density at radius 1 is 0.909 bits per heavy atom. The van der Waals surface area contributed by atoms with Crippen molar-refractivity contribution in [2.24, 2.45) is 10.8 Å². The first-order valence-corrected chi connectivity index (χ1v) is 7.38. The molecule has 2 fully saturated rings. The largest absolute Gasteiger partial charge is 0.469 e. The number of methoxy groups -OCH3 is 1. The van der Waals surface area contributed by atoms with Crippen LogP contribution in [-0.4, -0.2) is 35.9 Å². The molecule has 0 bridgehead atoms. The van der Waals surface area contributed by atoms with E-state index < -0.39 is 28.6 Å². The molecule has 7 heteroatoms. The number of hydroxylamine groups is 2. The van der Waals surface area contributed by atoms with Crippen molar-refractivity contribution in [3.05, 3.63) is 0 Å². The van der Waals surface area contributed by atoms with Crippen LogP contribution in [0.1, 0.15) is 52.4 Å². The van der Waals surface area contributed by atoms with Crippen molar-refractivity contribution in [2.75, 3.05) is 7.11 Å². The van der Waals surface area contributed by atoms with E-state index in [9.17, 15) is 19.2 Å². The van der Waals surface area contributed by atoms with Crippen molar-refractivity contribution in [3.8, 4) is 0 Å². The lowest BCUT2D eigenvalue weighted by molar-refractivity contribution is -0.207. The average Bonchev–Trinajstić information content (AvgIpc) is 2.81. The van der Waals surface area contributed by atoms with Crippen LogP contribution >= 0.6 is 0 Å². The predicted octanol–water partition coefficient (Wildman–Crippen LogP) is 1.35. The molecule has 22 heavy (non-hydrogen) atoms. The second-order valence-electron chi connectivity index (χ2n) is 6.57. The molecule has 0 atom stereocenters. The van der Waals surface area contributed by atoms with E-state index in [1.807, 2.05) is 6.92 Å². The van der Waals surface area contributed by atoms with Gasteiger partial charge in [0.15, 0.2) is 0 Å². The number of carbonyl (C=O) groups is 4. The number of ether oxygens (including phenoxy) is 1. The quantitative estimate of drug-likeness (QED) is 0.577. The Bertz CT molecular complexity index is 502. The summed E-state index contributed by atoms with van der Waals surface area (Å²) in [5.41, 5.74) is -1.41. The normalized spacial score (nSPS) is 32.0. The van der Waals surface area contributed by atoms with Crippen LogP contribution in [0.2, 0.25) is 0 Å². The molecule has 2 aliphatic rings. The van der Waals surface area contributed by atoms with Crippen LogP contribution in [0.4, 0.5) is 0 Å². The molecule has 0 N–H and O–H groups in total. The van der Waals surface area contributed by atoms with Gasteiger partial charge in [0.1, 0.15) is 0 Å². The Balaban J connectivity index is 2.01. The van der Waals surface area contributed by atoms with Gasteiger partial charge < -0.3 is 9.57 Å². The van der Waals surface area contributed by atoms with Crippen molar-refractivity contribution in [2.45, 2.75) is 52.4 Å². The van der Waals surface area contributed by atoms with E-state index in [1.165, 1.54) is 7.11 Å². The van der Waals surface area contributed by atoms with Gasteiger partial charge in [0.2, 0.25) is 0 Å². The Morgan fingerprint density at radius 2 is 1.32 bits per heavy atom. The lowest BCUT2D eigenvalue weighted by atomic mass is 9.65. The van der Waals surface area contributed by atoms with E-state index in [2.05, 4.69) is 0 Å². The summed E-state index contributed by atoms with van der Waals surface area (Å²) in [6.07, 6.45) is 2.01. The van der Waals surface area contributed by atoms with Gasteiger partial charge in [-0.15, -0.1) is 5.06 Å². The maximum absolute atomic E-state index is 12.3. The zero-order valence-electron chi connectivity index (χ0n) is 13.1. The molecule has 0 aromatic heterocycles. The second-order valence-corrected chi connectivity index (χ2v) is 6.57. The monoisotopic (exact) mass is 311 g/mol. The van der Waals surface area contributed by atoms with Gasteiger partial charge in [0, 0.05) is 12.8 Å². The Labute approximate surface area is 128 Å². The van der Waals surface area contributed by atoms with Gasteiger partial charge in [-0.25, -0.2) is 4.79 Å². The number of hydrogen-bond donors (Lipinski definition) is 0. The second kappa shape index (κ2) is 5.70. The molecule has 0 aromatic carbocycles. The first kappa shape index (κ1) is 16.5. The van der Waals surface area contributed by atoms with Crippen LogP contribution in [0, 0.1) is 10.8 Å². The maximum atomic E-state index is 12.3. The van der Waals surface area contributed by atoms with Crippen LogP contribution < -0.4 is 0 Å². The van der Waals surface area contributed by atoms with E-state index in [0.717, 1.165) is 0 Å². The standard InChI is InChI=1S/C15H21NO6/c1-14(12(19)21-3)6-8-15(2,9-7-14)13(20)22-16-10(17)4-5-11(16)18/h4-9H2,1-3H3. The summed E-state index contributed by atoms with van der Waals surface area (Å²) < 4.78 is 4.80. The molecule has 1 heterocycles. The molecule has 1 aliphatic carbocycles. The van der Waals surface area contributed by atoms with E-state index in [-0.39, 0.29) is 18.8 Å². The van der Waals surface area contributed by atoms with Crippen molar-refractivity contribution < 1.29 is 28.8 Å². The summed E-state index contributed by atoms with van der Waals surface area (Å²) in [5.74, 6) is -1.86. The number of amides is 2. The molecule has 1 saturated heterocycles. The van der Waals surface area contributed by atoms with Gasteiger partial charge >= 0.3 is 11.9 Å². The van der Waals surface area contributed by atoms with Crippen LogP contribution in [0.3, 0.4) is 0 Å². The molecular formula is C15H21NO6. The molecule has 0 aromatic rings. The lowest BCUT2D eigenvalue weighted by Crippen LogP contribution is -2.44. The zero-order chi connectivity index (χ0) is 16.5. The van der Waals surface area contributed by atoms with E-state index >= 15 is 0 Å². The highest BCUT2D eigenvalue weighted by Gasteiger charge is 2.48. The predicted molar refractivity (Wildman–Crippen MR) is 73.9 cm³/mol. The summed E-state index contributed by atoms with van der Waals surface area (Å²) in [4.78, 5) is 52.2. The Hall–Kier alpha value is -1.92. The summed E-state index contributed by atoms with van der Waals surface area (Å²) in [6.45, 7) is 3.55. The third-order valence-electron chi connectivity index (χ3n) is 4.81. The fourth-order valence-corrected chi connectivity index (χ4v) is 2.86. The van der Waals surface area contributed by atoms with Gasteiger partial charge in [-0.1, -0.05) is 0 Å². The van der Waals surface area contributed by atoms with Gasteiger partial charge in [-0.05, 0) is 39.5 Å². The molecule has 1 saturated carbocycles. The minimum atomic E-state index is -0.809. The fraction of sp³-hybridized carbons (Fsp3) is 0.733. The smallest absolute Gasteiger partial charge is 0.338 e. The highest BCUT2D eigenvalue weighted by molar-refractivity contribution is 6.01. The molecular weight excluding hydrogens is 290 g/mol. The molecule has 0 radical (unpaired) electrons. The van der Waals surface area contributed by atoms with Crippen molar-refractivity contribution in [3.63, 3.8) is 0 Å². The molecule has 7 nitrogen and oxygen atoms in total. The lowest BCUT2D eigenvalue weighted by Gasteiger charge is -2.39.